The van der Waals surface area contributed by atoms with Crippen molar-refractivity contribution in [2.75, 3.05) is 0 Å². The number of pyridine rings is 2. The molecule has 0 bridgehead atoms. The van der Waals surface area contributed by atoms with Gasteiger partial charge in [-0.15, -0.1) is 0 Å². The van der Waals surface area contributed by atoms with Crippen molar-refractivity contribution in [3.8, 4) is 77.9 Å². The molecule has 8 aromatic carbocycles. The molecule has 0 saturated carbocycles. The summed E-state index contributed by atoms with van der Waals surface area (Å²) in [6.07, 6.45) is 63.6. The SMILES string of the molecule is CCCCCCCCCCC1(CCCCCCCCCC)c2cc(-c3ccccc3)ccc2-c2ccc(-c3cc(/C=C/c4ccncc4)c(-c4ccc5c(c4)C(CCCCCCCCCC)(CCCCCCCCCC)c4cc(-c6ccc(-c7ccccc7)c7n[se]nc67)ccc4-5)cc3/C=C/c3ccncc3)cc21. The summed E-state index contributed by atoms with van der Waals surface area (Å²) < 4.78 is 10.4. The summed E-state index contributed by atoms with van der Waals surface area (Å²) in [5, 5.41) is 0. The van der Waals surface area contributed by atoms with E-state index in [9.17, 15) is 0 Å². The zero-order valence-corrected chi connectivity index (χ0v) is 68.3. The number of nitrogens with zero attached hydrogens (tertiary/aromatic N) is 4. The van der Waals surface area contributed by atoms with E-state index in [1.807, 2.05) is 24.8 Å². The van der Waals surface area contributed by atoms with Crippen LogP contribution in [0.3, 0.4) is 0 Å². The molecule has 564 valence electrons. The molecule has 5 heteroatoms. The summed E-state index contributed by atoms with van der Waals surface area (Å²) in [6.45, 7) is 9.34. The Kier molecular flexibility index (Phi) is 29.3. The first-order valence-corrected chi connectivity index (χ1v) is 44.8. The van der Waals surface area contributed by atoms with Crippen molar-refractivity contribution in [1.82, 2.24) is 17.9 Å². The molecule has 0 N–H and O–H groups in total. The molecule has 109 heavy (non-hydrogen) atoms. The zero-order valence-electron chi connectivity index (χ0n) is 66.6. The van der Waals surface area contributed by atoms with Crippen molar-refractivity contribution in [1.29, 1.82) is 0 Å². The van der Waals surface area contributed by atoms with E-state index in [0.29, 0.717) is 0 Å². The third kappa shape index (κ3) is 19.5. The molecule has 0 radical (unpaired) electrons. The quantitative estimate of drug-likeness (QED) is 0.0282. The summed E-state index contributed by atoms with van der Waals surface area (Å²) in [7, 11) is 0. The fourth-order valence-corrected chi connectivity index (χ4v) is 19.8. The summed E-state index contributed by atoms with van der Waals surface area (Å²) in [5.41, 5.74) is 30.8. The molecule has 0 saturated heterocycles. The predicted molar refractivity (Wildman–Crippen MR) is 471 cm³/mol. The second-order valence-corrected chi connectivity index (χ2v) is 33.3. The van der Waals surface area contributed by atoms with E-state index in [0.717, 1.165) is 47.8 Å². The third-order valence-electron chi connectivity index (χ3n) is 24.6. The first-order chi connectivity index (χ1) is 53.9. The van der Waals surface area contributed by atoms with Crippen molar-refractivity contribution in [2.24, 2.45) is 0 Å². The van der Waals surface area contributed by atoms with Crippen molar-refractivity contribution < 1.29 is 0 Å². The average molecular weight is 1510 g/mol. The van der Waals surface area contributed by atoms with Gasteiger partial charge in [0, 0.05) is 30.2 Å². The van der Waals surface area contributed by atoms with Gasteiger partial charge in [-0.3, -0.25) is 9.97 Å². The fraction of sp³-hybridized carbons (Fsp3) is 0.404. The number of aromatic nitrogens is 4. The molecule has 13 rings (SSSR count). The van der Waals surface area contributed by atoms with E-state index < -0.39 is 0 Å². The molecule has 2 aliphatic rings. The normalized spacial score (nSPS) is 13.2. The fourth-order valence-electron chi connectivity index (χ4n) is 18.6. The Balaban J connectivity index is 0.964. The second kappa shape index (κ2) is 40.6. The average Bonchev–Trinajstić information content (AvgIpc) is 1.55. The molecular formula is C104H122N4Se. The number of rotatable bonds is 45. The Morgan fingerprint density at radius 3 is 0.881 bits per heavy atom. The smallest absolute Gasteiger partial charge is 0.265 e. The molecule has 0 amide bonds. The zero-order chi connectivity index (χ0) is 74.7. The van der Waals surface area contributed by atoms with Gasteiger partial charge in [0.1, 0.15) is 0 Å². The molecule has 0 aliphatic heterocycles. The monoisotopic (exact) mass is 1510 g/mol. The van der Waals surface area contributed by atoms with Gasteiger partial charge in [-0.05, 0) is 117 Å². The van der Waals surface area contributed by atoms with Crippen molar-refractivity contribution >= 4 is 50.3 Å². The molecule has 11 aromatic rings. The summed E-state index contributed by atoms with van der Waals surface area (Å²) in [5.74, 6) is 0. The van der Waals surface area contributed by atoms with E-state index in [4.69, 9.17) is 7.96 Å². The van der Waals surface area contributed by atoms with Crippen LogP contribution in [0.5, 0.6) is 0 Å². The number of hydrogen-bond acceptors (Lipinski definition) is 4. The molecule has 3 heterocycles. The third-order valence-corrected chi connectivity index (χ3v) is 25.7. The Hall–Kier alpha value is -8.34. The van der Waals surface area contributed by atoms with Crippen LogP contribution in [-0.2, 0) is 10.8 Å². The van der Waals surface area contributed by atoms with Gasteiger partial charge in [-0.25, -0.2) is 0 Å². The summed E-state index contributed by atoms with van der Waals surface area (Å²) in [6, 6.07) is 70.9. The molecule has 3 aromatic heterocycles. The van der Waals surface area contributed by atoms with Gasteiger partial charge in [-0.2, -0.15) is 0 Å². The van der Waals surface area contributed by atoms with Crippen molar-refractivity contribution in [2.45, 2.75) is 270 Å². The Labute approximate surface area is 662 Å². The Morgan fingerprint density at radius 2 is 0.532 bits per heavy atom. The van der Waals surface area contributed by atoms with Gasteiger partial charge in [0.05, 0.1) is 0 Å². The molecule has 2 aliphatic carbocycles. The molecule has 0 unspecified atom stereocenters. The van der Waals surface area contributed by atoms with Crippen LogP contribution in [0.1, 0.15) is 303 Å². The van der Waals surface area contributed by atoms with Crippen LogP contribution in [0.4, 0.5) is 0 Å². The van der Waals surface area contributed by atoms with E-state index in [-0.39, 0.29) is 25.8 Å². The van der Waals surface area contributed by atoms with Crippen LogP contribution in [0, 0.1) is 0 Å². The molecule has 0 atom stereocenters. The first-order valence-electron chi connectivity index (χ1n) is 43.2. The molecule has 4 nitrogen and oxygen atoms in total. The molecule has 0 spiro atoms. The van der Waals surface area contributed by atoms with E-state index in [2.05, 4.69) is 244 Å². The standard InChI is InChI=1S/C104H122N4Se/c1-5-9-13-17-21-25-29-39-65-103(66-40-30-26-22-18-14-10-6-2)97-75-83(81-43-35-33-36-44-81)51-55-91(97)93-57-53-87(77-99(93)103)95-73-85(50-48-80-63-71-106-72-64-80)96(74-84(95)49-47-79-61-69-105-70-62-79)88-54-58-94-92-56-52-86(90-60-59-89(82-45-37-34-38-46-82)101-102(90)108-109-107-101)76-98(92)104(100(94)78-88,67-41-31-27-23-19-15-11-7-3)68-42-32-28-24-20-16-12-8-4/h33-38,43-64,69-78H,5-32,39-42,65-68H2,1-4H3/b49-47+,50-48+. The summed E-state index contributed by atoms with van der Waals surface area (Å²) >= 11 is -0.187. The van der Waals surface area contributed by atoms with Crippen LogP contribution >= 0.6 is 0 Å². The Bertz CT molecular complexity index is 4660. The maximum atomic E-state index is 5.25. The van der Waals surface area contributed by atoms with Gasteiger partial charge in [0.15, 0.2) is 0 Å². The number of benzene rings is 8. The van der Waals surface area contributed by atoms with Gasteiger partial charge in [0.25, 0.3) is 0 Å². The van der Waals surface area contributed by atoms with Crippen LogP contribution < -0.4 is 0 Å². The van der Waals surface area contributed by atoms with E-state index >= 15 is 0 Å². The maximum absolute atomic E-state index is 5.25. The van der Waals surface area contributed by atoms with E-state index in [1.54, 1.807) is 5.56 Å². The molecule has 0 fully saturated rings. The number of hydrogen-bond donors (Lipinski definition) is 0. The van der Waals surface area contributed by atoms with Crippen molar-refractivity contribution in [3.05, 3.63) is 251 Å². The van der Waals surface area contributed by atoms with Gasteiger partial charge < -0.3 is 0 Å². The van der Waals surface area contributed by atoms with Gasteiger partial charge in [0.2, 0.25) is 0 Å². The van der Waals surface area contributed by atoms with Crippen LogP contribution in [0.2, 0.25) is 0 Å². The number of unbranched alkanes of at least 4 members (excludes halogenated alkanes) is 28. The second-order valence-electron chi connectivity index (χ2n) is 32.2. The van der Waals surface area contributed by atoms with Crippen molar-refractivity contribution in [3.63, 3.8) is 0 Å². The topological polar surface area (TPSA) is 51.6 Å². The molecular weight excluding hydrogens is 1380 g/mol. The minimum Gasteiger partial charge on any atom is -0.265 e. The predicted octanol–water partition coefficient (Wildman–Crippen LogP) is 30.8. The minimum atomic E-state index is -0.187. The summed E-state index contributed by atoms with van der Waals surface area (Å²) in [4.78, 5) is 8.98. The first kappa shape index (κ1) is 78.8. The Morgan fingerprint density at radius 1 is 0.248 bits per heavy atom. The van der Waals surface area contributed by atoms with E-state index in [1.165, 1.54) is 311 Å². The van der Waals surface area contributed by atoms with Gasteiger partial charge in [-0.1, -0.05) is 261 Å². The van der Waals surface area contributed by atoms with Gasteiger partial charge >= 0.3 is 250 Å². The number of fused-ring (bicyclic) bond motifs is 7. The van der Waals surface area contributed by atoms with Crippen LogP contribution in [0.25, 0.3) is 113 Å². The minimum absolute atomic E-state index is 0.121. The van der Waals surface area contributed by atoms with Crippen LogP contribution in [-0.4, -0.2) is 32.9 Å². The van der Waals surface area contributed by atoms with Crippen LogP contribution in [0.15, 0.2) is 207 Å².